The number of hydrogen-bond donors (Lipinski definition) is 0. The van der Waals surface area contributed by atoms with Crippen molar-refractivity contribution in [1.29, 1.82) is 0 Å². The summed E-state index contributed by atoms with van der Waals surface area (Å²) in [5, 5.41) is 4.10. The Balaban J connectivity index is 1.48. The monoisotopic (exact) mass is 302 g/mol. The van der Waals surface area contributed by atoms with Crippen LogP contribution >= 0.6 is 0 Å². The van der Waals surface area contributed by atoms with Gasteiger partial charge in [-0.1, -0.05) is 11.2 Å². The first-order valence-corrected chi connectivity index (χ1v) is 7.82. The number of benzene rings is 1. The normalized spacial score (nSPS) is 22.9. The molecule has 22 heavy (non-hydrogen) atoms. The third kappa shape index (κ3) is 2.43. The molecule has 116 valence electrons. The lowest BCUT2D eigenvalue weighted by Gasteiger charge is -2.21. The van der Waals surface area contributed by atoms with Crippen LogP contribution in [0, 0.1) is 18.2 Å². The minimum absolute atomic E-state index is 0.213. The van der Waals surface area contributed by atoms with Crippen LogP contribution in [0.1, 0.15) is 48.0 Å². The molecule has 1 aromatic carbocycles. The van der Waals surface area contributed by atoms with Crippen LogP contribution in [0.25, 0.3) is 0 Å². The zero-order chi connectivity index (χ0) is 15.2. The first kappa shape index (κ1) is 13.9. The molecule has 1 saturated heterocycles. The Kier molecular flexibility index (Phi) is 3.26. The Morgan fingerprint density at radius 2 is 2.14 bits per heavy atom. The summed E-state index contributed by atoms with van der Waals surface area (Å²) >= 11 is 0. The van der Waals surface area contributed by atoms with Gasteiger partial charge in [0.2, 0.25) is 5.89 Å². The van der Waals surface area contributed by atoms with Crippen molar-refractivity contribution in [2.45, 2.75) is 38.5 Å². The number of rotatable bonds is 3. The number of ether oxygens (including phenoxy) is 1. The quantitative estimate of drug-likeness (QED) is 0.872. The number of hydrogen-bond acceptors (Lipinski definition) is 4. The van der Waals surface area contributed by atoms with Crippen molar-refractivity contribution in [2.75, 3.05) is 13.2 Å². The number of halogens is 1. The van der Waals surface area contributed by atoms with Crippen molar-refractivity contribution in [3.8, 4) is 0 Å². The van der Waals surface area contributed by atoms with Gasteiger partial charge in [0.1, 0.15) is 5.82 Å². The van der Waals surface area contributed by atoms with E-state index in [1.807, 2.05) is 6.92 Å². The van der Waals surface area contributed by atoms with Crippen molar-refractivity contribution in [1.82, 2.24) is 10.1 Å². The average molecular weight is 302 g/mol. The fourth-order valence-electron chi connectivity index (χ4n) is 3.54. The summed E-state index contributed by atoms with van der Waals surface area (Å²) in [4.78, 5) is 4.57. The van der Waals surface area contributed by atoms with E-state index in [0.29, 0.717) is 23.6 Å². The molecule has 4 nitrogen and oxygen atoms in total. The summed E-state index contributed by atoms with van der Waals surface area (Å²) < 4.78 is 24.1. The van der Waals surface area contributed by atoms with Crippen molar-refractivity contribution in [3.63, 3.8) is 0 Å². The fraction of sp³-hybridized carbons (Fsp3) is 0.529. The van der Waals surface area contributed by atoms with E-state index in [0.717, 1.165) is 49.5 Å². The highest BCUT2D eigenvalue weighted by atomic mass is 19.1. The summed E-state index contributed by atoms with van der Waals surface area (Å²) in [6.07, 6.45) is 3.89. The lowest BCUT2D eigenvalue weighted by molar-refractivity contribution is 0.0544. The summed E-state index contributed by atoms with van der Waals surface area (Å²) in [5.74, 6) is 1.62. The van der Waals surface area contributed by atoms with Crippen LogP contribution in [-0.4, -0.2) is 23.4 Å². The first-order chi connectivity index (χ1) is 10.7. The third-order valence-corrected chi connectivity index (χ3v) is 5.11. The molecular formula is C17H19FN2O2. The van der Waals surface area contributed by atoms with Gasteiger partial charge in [-0.3, -0.25) is 0 Å². The van der Waals surface area contributed by atoms with Crippen LogP contribution < -0.4 is 0 Å². The maximum absolute atomic E-state index is 13.1. The number of nitrogens with zero attached hydrogens (tertiary/aromatic N) is 2. The highest BCUT2D eigenvalue weighted by Gasteiger charge is 2.57. The van der Waals surface area contributed by atoms with Crippen molar-refractivity contribution in [3.05, 3.63) is 46.9 Å². The van der Waals surface area contributed by atoms with Gasteiger partial charge in [-0.05, 0) is 54.9 Å². The molecule has 2 fully saturated rings. The predicted octanol–water partition coefficient (Wildman–Crippen LogP) is 3.39. The molecule has 1 aliphatic carbocycles. The van der Waals surface area contributed by atoms with Crippen molar-refractivity contribution in [2.24, 2.45) is 5.41 Å². The molecule has 2 aliphatic rings. The summed E-state index contributed by atoms with van der Waals surface area (Å²) in [5.41, 5.74) is 2.29. The second-order valence-electron chi connectivity index (χ2n) is 6.53. The van der Waals surface area contributed by atoms with Gasteiger partial charge in [-0.15, -0.1) is 0 Å². The largest absolute Gasteiger partial charge is 0.381 e. The summed E-state index contributed by atoms with van der Waals surface area (Å²) in [7, 11) is 0. The maximum Gasteiger partial charge on any atom is 0.230 e. The van der Waals surface area contributed by atoms with Gasteiger partial charge in [0.15, 0.2) is 5.82 Å². The van der Waals surface area contributed by atoms with Gasteiger partial charge < -0.3 is 9.26 Å². The van der Waals surface area contributed by atoms with Gasteiger partial charge in [-0.25, -0.2) is 4.39 Å². The second-order valence-corrected chi connectivity index (χ2v) is 6.53. The number of aromatic nitrogens is 2. The van der Waals surface area contributed by atoms with Crippen LogP contribution in [0.15, 0.2) is 22.7 Å². The van der Waals surface area contributed by atoms with Gasteiger partial charge in [0, 0.05) is 25.6 Å². The molecule has 0 bridgehead atoms. The zero-order valence-electron chi connectivity index (χ0n) is 12.6. The van der Waals surface area contributed by atoms with E-state index in [1.54, 1.807) is 6.07 Å². The standard InChI is InChI=1S/C17H19FN2O2/c1-11-8-13(18)3-2-12(11)9-15-19-16(22-20-15)14-10-17(14)4-6-21-7-5-17/h2-3,8,14H,4-7,9-10H2,1H3. The van der Waals surface area contributed by atoms with E-state index in [-0.39, 0.29) is 5.82 Å². The predicted molar refractivity (Wildman–Crippen MR) is 78.1 cm³/mol. The molecule has 1 unspecified atom stereocenters. The van der Waals surface area contributed by atoms with Gasteiger partial charge in [0.05, 0.1) is 0 Å². The minimum atomic E-state index is -0.213. The van der Waals surface area contributed by atoms with Gasteiger partial charge >= 0.3 is 0 Å². The molecule has 0 N–H and O–H groups in total. The summed E-state index contributed by atoms with van der Waals surface area (Å²) in [6.45, 7) is 3.58. The van der Waals surface area contributed by atoms with Crippen LogP contribution in [0.3, 0.4) is 0 Å². The molecular weight excluding hydrogens is 283 g/mol. The Morgan fingerprint density at radius 1 is 1.32 bits per heavy atom. The minimum Gasteiger partial charge on any atom is -0.381 e. The van der Waals surface area contributed by atoms with Crippen LogP contribution in [-0.2, 0) is 11.2 Å². The lowest BCUT2D eigenvalue weighted by Crippen LogP contribution is -2.18. The smallest absolute Gasteiger partial charge is 0.230 e. The molecule has 0 radical (unpaired) electrons. The van der Waals surface area contributed by atoms with E-state index < -0.39 is 0 Å². The Bertz CT molecular complexity index is 692. The Morgan fingerprint density at radius 3 is 2.91 bits per heavy atom. The lowest BCUT2D eigenvalue weighted by atomic mass is 9.94. The third-order valence-electron chi connectivity index (χ3n) is 5.11. The van der Waals surface area contributed by atoms with Gasteiger partial charge in [0.25, 0.3) is 0 Å². The highest BCUT2D eigenvalue weighted by molar-refractivity contribution is 5.29. The highest BCUT2D eigenvalue weighted by Crippen LogP contribution is 2.64. The SMILES string of the molecule is Cc1cc(F)ccc1Cc1noc(C2CC23CCOCC3)n1. The van der Waals surface area contributed by atoms with Crippen LogP contribution in [0.4, 0.5) is 4.39 Å². The van der Waals surface area contributed by atoms with E-state index in [2.05, 4.69) is 10.1 Å². The van der Waals surface area contributed by atoms with E-state index in [9.17, 15) is 4.39 Å². The van der Waals surface area contributed by atoms with Crippen molar-refractivity contribution < 1.29 is 13.7 Å². The van der Waals surface area contributed by atoms with E-state index in [1.165, 1.54) is 12.1 Å². The molecule has 1 aliphatic heterocycles. The molecule has 2 aromatic rings. The summed E-state index contributed by atoms with van der Waals surface area (Å²) in [6, 6.07) is 4.80. The molecule has 5 heteroatoms. The fourth-order valence-corrected chi connectivity index (χ4v) is 3.54. The Labute approximate surface area is 128 Å². The van der Waals surface area contributed by atoms with E-state index in [4.69, 9.17) is 9.26 Å². The van der Waals surface area contributed by atoms with Crippen molar-refractivity contribution >= 4 is 0 Å². The Hall–Kier alpha value is -1.75. The molecule has 1 saturated carbocycles. The molecule has 1 aromatic heterocycles. The topological polar surface area (TPSA) is 48.2 Å². The molecule has 4 rings (SSSR count). The van der Waals surface area contributed by atoms with Crippen LogP contribution in [0.2, 0.25) is 0 Å². The second kappa shape index (κ2) is 5.16. The van der Waals surface area contributed by atoms with Gasteiger partial charge in [-0.2, -0.15) is 4.98 Å². The molecule has 0 amide bonds. The van der Waals surface area contributed by atoms with Crippen LogP contribution in [0.5, 0.6) is 0 Å². The average Bonchev–Trinajstić information content (AvgIpc) is 2.99. The first-order valence-electron chi connectivity index (χ1n) is 7.82. The molecule has 1 atom stereocenters. The molecule has 1 spiro atoms. The molecule has 2 heterocycles. The zero-order valence-corrected chi connectivity index (χ0v) is 12.6. The maximum atomic E-state index is 13.1. The van der Waals surface area contributed by atoms with E-state index >= 15 is 0 Å². The number of aryl methyl sites for hydroxylation is 1.